The van der Waals surface area contributed by atoms with Gasteiger partial charge in [0.05, 0.1) is 18.7 Å². The molecule has 0 fully saturated rings. The van der Waals surface area contributed by atoms with Crippen molar-refractivity contribution < 1.29 is 23.2 Å². The largest absolute Gasteiger partial charge is 0.494 e. The van der Waals surface area contributed by atoms with Crippen molar-refractivity contribution in [3.05, 3.63) is 62.4 Å². The maximum Gasteiger partial charge on any atom is 0.273 e. The van der Waals surface area contributed by atoms with E-state index in [0.717, 1.165) is 0 Å². The molecule has 0 saturated carbocycles. The van der Waals surface area contributed by atoms with E-state index >= 15 is 0 Å². The molecule has 0 saturated heterocycles. The molecule has 0 aliphatic rings. The van der Waals surface area contributed by atoms with Crippen molar-refractivity contribution in [2.45, 2.75) is 0 Å². The number of rotatable bonds is 6. The number of pyridine rings is 1. The lowest BCUT2D eigenvalue weighted by atomic mass is 10.1. The normalized spacial score (nSPS) is 10.6. The van der Waals surface area contributed by atoms with Crippen LogP contribution in [0.5, 0.6) is 5.75 Å². The van der Waals surface area contributed by atoms with E-state index in [9.17, 15) is 14.0 Å². The molecular weight excluding hydrogens is 504 g/mol. The minimum Gasteiger partial charge on any atom is -0.494 e. The Morgan fingerprint density at radius 2 is 2.04 bits per heavy atom. The maximum absolute atomic E-state index is 13.4. The Morgan fingerprint density at radius 3 is 2.68 bits per heavy atom. The molecule has 144 valence electrons. The highest BCUT2D eigenvalue weighted by Crippen LogP contribution is 2.30. The van der Waals surface area contributed by atoms with Gasteiger partial charge in [-0.3, -0.25) is 9.59 Å². The minimum atomic E-state index is -0.568. The number of nitrogens with zero attached hydrogens (tertiary/aromatic N) is 2. The van der Waals surface area contributed by atoms with Gasteiger partial charge in [-0.25, -0.2) is 9.37 Å². The number of ether oxygens (including phenoxy) is 1. The van der Waals surface area contributed by atoms with Crippen LogP contribution in [0, 0.1) is 9.58 Å². The van der Waals surface area contributed by atoms with Gasteiger partial charge in [0, 0.05) is 34.2 Å². The number of hydrogen-bond donors (Lipinski definition) is 1. The summed E-state index contributed by atoms with van der Waals surface area (Å²) in [5.74, 6) is -1.15. The maximum atomic E-state index is 13.4. The molecule has 1 N–H and O–H groups in total. The number of carbonyl (C=O) groups excluding carboxylic acids is 2. The second-order valence-corrected chi connectivity index (χ2v) is 6.97. The molecule has 1 aromatic carbocycles. The van der Waals surface area contributed by atoms with Gasteiger partial charge in [-0.15, -0.1) is 0 Å². The van der Waals surface area contributed by atoms with Crippen LogP contribution in [0.1, 0.15) is 21.0 Å². The third-order valence-corrected chi connectivity index (χ3v) is 4.48. The van der Waals surface area contributed by atoms with Crippen LogP contribution >= 0.6 is 34.2 Å². The summed E-state index contributed by atoms with van der Waals surface area (Å²) in [7, 11) is 1.45. The average molecular weight is 516 g/mol. The molecule has 0 radical (unpaired) electrons. The number of amides is 1. The van der Waals surface area contributed by atoms with E-state index in [1.165, 1.54) is 37.4 Å². The summed E-state index contributed by atoms with van der Waals surface area (Å²) in [6.07, 6.45) is 0. The standard InChI is InChI=1S/C18H12ClFIN3O4/c1-27-15-5-4-12(23-17(15)9-2-3-11(20)10(19)6-9)14(25)8-22-18(26)13-7-16(21)28-24-13/h2-7H,8H2,1H3,(H,22,26). The van der Waals surface area contributed by atoms with Crippen LogP contribution in [0.4, 0.5) is 4.39 Å². The first-order valence-electron chi connectivity index (χ1n) is 7.83. The Morgan fingerprint density at radius 1 is 1.25 bits per heavy atom. The van der Waals surface area contributed by atoms with E-state index in [4.69, 9.17) is 20.9 Å². The highest BCUT2D eigenvalue weighted by molar-refractivity contribution is 14.1. The monoisotopic (exact) mass is 515 g/mol. The van der Waals surface area contributed by atoms with Crippen molar-refractivity contribution in [2.75, 3.05) is 13.7 Å². The average Bonchev–Trinajstić information content (AvgIpc) is 3.14. The van der Waals surface area contributed by atoms with Crippen molar-refractivity contribution >= 4 is 45.9 Å². The van der Waals surface area contributed by atoms with Crippen LogP contribution in [0.25, 0.3) is 11.3 Å². The number of methoxy groups -OCH3 is 1. The first-order valence-corrected chi connectivity index (χ1v) is 9.28. The predicted octanol–water partition coefficient (Wildman–Crippen LogP) is 3.76. The molecule has 3 rings (SSSR count). The quantitative estimate of drug-likeness (QED) is 0.397. The zero-order chi connectivity index (χ0) is 20.3. The van der Waals surface area contributed by atoms with Gasteiger partial charge < -0.3 is 14.6 Å². The van der Waals surface area contributed by atoms with Gasteiger partial charge in [0.2, 0.25) is 0 Å². The summed E-state index contributed by atoms with van der Waals surface area (Å²) in [6, 6.07) is 8.56. The lowest BCUT2D eigenvalue weighted by Crippen LogP contribution is -2.30. The molecule has 2 aromatic heterocycles. The van der Waals surface area contributed by atoms with E-state index in [-0.39, 0.29) is 23.0 Å². The van der Waals surface area contributed by atoms with Crippen molar-refractivity contribution in [2.24, 2.45) is 0 Å². The van der Waals surface area contributed by atoms with Crippen molar-refractivity contribution in [1.82, 2.24) is 15.5 Å². The minimum absolute atomic E-state index is 0.0709. The summed E-state index contributed by atoms with van der Waals surface area (Å²) >= 11 is 7.71. The second kappa shape index (κ2) is 8.65. The third kappa shape index (κ3) is 4.47. The summed E-state index contributed by atoms with van der Waals surface area (Å²) in [5, 5.41) is 5.96. The molecule has 3 aromatic rings. The molecule has 10 heteroatoms. The first-order chi connectivity index (χ1) is 13.4. The summed E-state index contributed by atoms with van der Waals surface area (Å²) in [5.41, 5.74) is 0.986. The molecule has 0 spiro atoms. The number of aromatic nitrogens is 2. The SMILES string of the molecule is COc1ccc(C(=O)CNC(=O)c2cc(I)on2)nc1-c1ccc(F)c(Cl)c1. The molecule has 28 heavy (non-hydrogen) atoms. The number of ketones is 1. The predicted molar refractivity (Wildman–Crippen MR) is 107 cm³/mol. The Hall–Kier alpha value is -2.53. The highest BCUT2D eigenvalue weighted by atomic mass is 127. The summed E-state index contributed by atoms with van der Waals surface area (Å²) < 4.78 is 24.0. The van der Waals surface area contributed by atoms with Crippen LogP contribution in [0.3, 0.4) is 0 Å². The van der Waals surface area contributed by atoms with Gasteiger partial charge in [-0.1, -0.05) is 16.8 Å². The third-order valence-electron chi connectivity index (χ3n) is 3.68. The molecule has 1 amide bonds. The molecule has 0 bridgehead atoms. The number of hydrogen-bond acceptors (Lipinski definition) is 6. The number of benzene rings is 1. The fraction of sp³-hybridized carbons (Fsp3) is 0.111. The fourth-order valence-electron chi connectivity index (χ4n) is 2.32. The van der Waals surface area contributed by atoms with E-state index < -0.39 is 17.5 Å². The van der Waals surface area contributed by atoms with Crippen molar-refractivity contribution in [1.29, 1.82) is 0 Å². The molecule has 0 unspecified atom stereocenters. The van der Waals surface area contributed by atoms with Gasteiger partial charge in [-0.2, -0.15) is 0 Å². The van der Waals surface area contributed by atoms with Crippen LogP contribution in [-0.2, 0) is 0 Å². The van der Waals surface area contributed by atoms with E-state index in [0.29, 0.717) is 20.8 Å². The van der Waals surface area contributed by atoms with Crippen LogP contribution in [0.2, 0.25) is 5.02 Å². The van der Waals surface area contributed by atoms with Gasteiger partial charge in [-0.05, 0) is 30.3 Å². The van der Waals surface area contributed by atoms with Crippen molar-refractivity contribution in [3.8, 4) is 17.0 Å². The van der Waals surface area contributed by atoms with Crippen LogP contribution in [-0.4, -0.2) is 35.5 Å². The van der Waals surface area contributed by atoms with Gasteiger partial charge in [0.1, 0.15) is 23.0 Å². The molecule has 0 aliphatic heterocycles. The number of nitrogens with one attached hydrogen (secondary N) is 1. The van der Waals surface area contributed by atoms with Crippen molar-refractivity contribution in [3.63, 3.8) is 0 Å². The number of carbonyl (C=O) groups is 2. The zero-order valence-corrected chi connectivity index (χ0v) is 17.2. The lowest BCUT2D eigenvalue weighted by molar-refractivity contribution is 0.0896. The van der Waals surface area contributed by atoms with Gasteiger partial charge in [0.25, 0.3) is 5.91 Å². The van der Waals surface area contributed by atoms with Crippen LogP contribution in [0.15, 0.2) is 40.9 Å². The first kappa shape index (κ1) is 20.2. The molecular formula is C18H12ClFIN3O4. The van der Waals surface area contributed by atoms with Gasteiger partial charge >= 0.3 is 0 Å². The summed E-state index contributed by atoms with van der Waals surface area (Å²) in [4.78, 5) is 28.7. The Labute approximate surface area is 177 Å². The second-order valence-electron chi connectivity index (χ2n) is 5.50. The number of Topliss-reactive ketones (excluding diaryl/α,β-unsaturated/α-hetero) is 1. The molecule has 7 nitrogen and oxygen atoms in total. The Balaban J connectivity index is 1.81. The smallest absolute Gasteiger partial charge is 0.273 e. The molecule has 0 aliphatic carbocycles. The van der Waals surface area contributed by atoms with E-state index in [1.54, 1.807) is 6.07 Å². The topological polar surface area (TPSA) is 94.3 Å². The fourth-order valence-corrected chi connectivity index (χ4v) is 2.89. The number of halogens is 3. The Kier molecular flexibility index (Phi) is 6.25. The summed E-state index contributed by atoms with van der Waals surface area (Å²) in [6.45, 7) is -0.286. The lowest BCUT2D eigenvalue weighted by Gasteiger charge is -2.10. The zero-order valence-electron chi connectivity index (χ0n) is 14.3. The van der Waals surface area contributed by atoms with E-state index in [2.05, 4.69) is 15.5 Å². The van der Waals surface area contributed by atoms with Crippen LogP contribution < -0.4 is 10.1 Å². The van der Waals surface area contributed by atoms with E-state index in [1.807, 2.05) is 22.6 Å². The molecule has 0 atom stereocenters. The highest BCUT2D eigenvalue weighted by Gasteiger charge is 2.17. The molecule has 2 heterocycles. The Bertz CT molecular complexity index is 1060. The van der Waals surface area contributed by atoms with Gasteiger partial charge in [0.15, 0.2) is 15.2 Å².